The number of nitrogens with zero attached hydrogens (tertiary/aromatic N) is 4. The van der Waals surface area contributed by atoms with Crippen LogP contribution in [0, 0.1) is 0 Å². The molecule has 0 unspecified atom stereocenters. The van der Waals surface area contributed by atoms with E-state index in [-0.39, 0.29) is 0 Å². The Kier molecular flexibility index (Phi) is 5.01. The lowest BCUT2D eigenvalue weighted by atomic mass is 10.2. The first-order chi connectivity index (χ1) is 14.4. The van der Waals surface area contributed by atoms with Crippen LogP contribution in [0.5, 0.6) is 0 Å². The Morgan fingerprint density at radius 2 is 1.34 bits per heavy atom. The van der Waals surface area contributed by atoms with Gasteiger partial charge in [-0.3, -0.25) is 4.90 Å². The first-order valence-corrected chi connectivity index (χ1v) is 10.4. The maximum Gasteiger partial charge on any atom is 0.142 e. The van der Waals surface area contributed by atoms with E-state index in [1.54, 1.807) is 0 Å². The Bertz CT molecular complexity index is 1060. The standard InChI is InChI=1S/C25H26N4/c1-3-7-21(8-4-1)19-27-15-17-28(18-16-27)24-11-13-26-25-23(24)12-14-29(25)20-22-9-5-2-6-10-22/h1-14H,15-20H2. The summed E-state index contributed by atoms with van der Waals surface area (Å²) in [6.45, 7) is 6.16. The minimum absolute atomic E-state index is 0.853. The van der Waals surface area contributed by atoms with Crippen LogP contribution in [0.2, 0.25) is 0 Å². The smallest absolute Gasteiger partial charge is 0.142 e. The molecule has 0 radical (unpaired) electrons. The Morgan fingerprint density at radius 1 is 0.690 bits per heavy atom. The lowest BCUT2D eigenvalue weighted by Crippen LogP contribution is -2.46. The van der Waals surface area contributed by atoms with E-state index in [1.165, 1.54) is 22.2 Å². The van der Waals surface area contributed by atoms with E-state index in [1.807, 2.05) is 6.20 Å². The predicted octanol–water partition coefficient (Wildman–Crippen LogP) is 4.41. The highest BCUT2D eigenvalue weighted by molar-refractivity contribution is 5.90. The van der Waals surface area contributed by atoms with E-state index in [4.69, 9.17) is 0 Å². The van der Waals surface area contributed by atoms with Gasteiger partial charge >= 0.3 is 0 Å². The van der Waals surface area contributed by atoms with Gasteiger partial charge in [-0.1, -0.05) is 60.7 Å². The van der Waals surface area contributed by atoms with Crippen LogP contribution in [0.4, 0.5) is 5.69 Å². The fraction of sp³-hybridized carbons (Fsp3) is 0.240. The molecule has 2 aromatic carbocycles. The predicted molar refractivity (Wildman–Crippen MR) is 119 cm³/mol. The fourth-order valence-electron chi connectivity index (χ4n) is 4.25. The molecule has 5 rings (SSSR count). The molecule has 0 saturated carbocycles. The molecule has 29 heavy (non-hydrogen) atoms. The van der Waals surface area contributed by atoms with Crippen LogP contribution in [0.3, 0.4) is 0 Å². The summed E-state index contributed by atoms with van der Waals surface area (Å²) in [7, 11) is 0. The van der Waals surface area contributed by atoms with Gasteiger partial charge in [0.1, 0.15) is 5.65 Å². The maximum absolute atomic E-state index is 4.69. The molecule has 0 spiro atoms. The van der Waals surface area contributed by atoms with Crippen LogP contribution in [0.25, 0.3) is 11.0 Å². The molecular weight excluding hydrogens is 356 g/mol. The lowest BCUT2D eigenvalue weighted by molar-refractivity contribution is 0.250. The molecule has 1 fully saturated rings. The van der Waals surface area contributed by atoms with Gasteiger partial charge < -0.3 is 9.47 Å². The number of fused-ring (bicyclic) bond motifs is 1. The largest absolute Gasteiger partial charge is 0.368 e. The van der Waals surface area contributed by atoms with E-state index in [2.05, 4.69) is 98.3 Å². The molecule has 4 heteroatoms. The molecule has 3 heterocycles. The zero-order valence-electron chi connectivity index (χ0n) is 16.6. The van der Waals surface area contributed by atoms with E-state index >= 15 is 0 Å². The Labute approximate surface area is 172 Å². The van der Waals surface area contributed by atoms with Crippen LogP contribution in [-0.4, -0.2) is 40.6 Å². The highest BCUT2D eigenvalue weighted by Gasteiger charge is 2.20. The summed E-state index contributed by atoms with van der Waals surface area (Å²) >= 11 is 0. The van der Waals surface area contributed by atoms with Gasteiger partial charge in [-0.25, -0.2) is 4.98 Å². The van der Waals surface area contributed by atoms with Crippen molar-refractivity contribution in [2.24, 2.45) is 0 Å². The van der Waals surface area contributed by atoms with E-state index in [0.29, 0.717) is 0 Å². The third-order valence-electron chi connectivity index (χ3n) is 5.80. The molecule has 0 atom stereocenters. The number of piperazine rings is 1. The van der Waals surface area contributed by atoms with E-state index in [9.17, 15) is 0 Å². The molecule has 4 aromatic rings. The van der Waals surface area contributed by atoms with E-state index < -0.39 is 0 Å². The minimum Gasteiger partial charge on any atom is -0.368 e. The van der Waals surface area contributed by atoms with Crippen LogP contribution in [0.15, 0.2) is 85.2 Å². The van der Waals surface area contributed by atoms with Crippen molar-refractivity contribution < 1.29 is 0 Å². The number of hydrogen-bond acceptors (Lipinski definition) is 3. The molecule has 1 aliphatic rings. The quantitative estimate of drug-likeness (QED) is 0.511. The molecule has 146 valence electrons. The normalized spacial score (nSPS) is 15.1. The average molecular weight is 383 g/mol. The second kappa shape index (κ2) is 8.10. The van der Waals surface area contributed by atoms with Gasteiger partial charge in [-0.2, -0.15) is 0 Å². The summed E-state index contributed by atoms with van der Waals surface area (Å²) in [4.78, 5) is 9.75. The number of anilines is 1. The van der Waals surface area contributed by atoms with Crippen LogP contribution >= 0.6 is 0 Å². The van der Waals surface area contributed by atoms with Crippen molar-refractivity contribution in [3.05, 3.63) is 96.3 Å². The Morgan fingerprint density at radius 3 is 2.03 bits per heavy atom. The zero-order chi connectivity index (χ0) is 19.5. The van der Waals surface area contributed by atoms with Crippen molar-refractivity contribution in [2.45, 2.75) is 13.1 Å². The summed E-state index contributed by atoms with van der Waals surface area (Å²) in [5.41, 5.74) is 5.07. The van der Waals surface area contributed by atoms with Crippen molar-refractivity contribution in [1.82, 2.24) is 14.5 Å². The van der Waals surface area contributed by atoms with Crippen molar-refractivity contribution in [3.63, 3.8) is 0 Å². The van der Waals surface area contributed by atoms with Crippen molar-refractivity contribution >= 4 is 16.7 Å². The van der Waals surface area contributed by atoms with Crippen LogP contribution in [-0.2, 0) is 13.1 Å². The summed E-state index contributed by atoms with van der Waals surface area (Å²) in [6, 6.07) is 25.7. The fourth-order valence-corrected chi connectivity index (χ4v) is 4.25. The molecule has 4 nitrogen and oxygen atoms in total. The molecular formula is C25H26N4. The molecule has 0 amide bonds. The molecule has 0 N–H and O–H groups in total. The number of aromatic nitrogens is 2. The number of hydrogen-bond donors (Lipinski definition) is 0. The molecule has 1 aliphatic heterocycles. The monoisotopic (exact) mass is 382 g/mol. The summed E-state index contributed by atoms with van der Waals surface area (Å²) in [5, 5.41) is 1.25. The van der Waals surface area contributed by atoms with Crippen LogP contribution < -0.4 is 4.90 Å². The van der Waals surface area contributed by atoms with Gasteiger partial charge in [0.05, 0.1) is 0 Å². The topological polar surface area (TPSA) is 24.3 Å². The highest BCUT2D eigenvalue weighted by atomic mass is 15.3. The Balaban J connectivity index is 1.31. The first kappa shape index (κ1) is 18.0. The van der Waals surface area contributed by atoms with Gasteiger partial charge in [0.25, 0.3) is 0 Å². The zero-order valence-corrected chi connectivity index (χ0v) is 16.6. The number of pyridine rings is 1. The third-order valence-corrected chi connectivity index (χ3v) is 5.80. The summed E-state index contributed by atoms with van der Waals surface area (Å²) in [5.74, 6) is 0. The molecule has 0 aliphatic carbocycles. The van der Waals surface area contributed by atoms with Crippen molar-refractivity contribution in [1.29, 1.82) is 0 Å². The summed E-state index contributed by atoms with van der Waals surface area (Å²) in [6.07, 6.45) is 4.12. The van der Waals surface area contributed by atoms with Gasteiger partial charge in [-0.05, 0) is 23.3 Å². The SMILES string of the molecule is c1ccc(CN2CCN(c3ccnc4c3ccn4Cc3ccccc3)CC2)cc1. The van der Waals surface area contributed by atoms with Gasteiger partial charge in [0.15, 0.2) is 0 Å². The van der Waals surface area contributed by atoms with Gasteiger partial charge in [0.2, 0.25) is 0 Å². The van der Waals surface area contributed by atoms with Crippen molar-refractivity contribution in [2.75, 3.05) is 31.1 Å². The van der Waals surface area contributed by atoms with E-state index in [0.717, 1.165) is 44.9 Å². The number of benzene rings is 2. The molecule has 0 bridgehead atoms. The Hall–Kier alpha value is -3.11. The molecule has 2 aromatic heterocycles. The number of rotatable bonds is 5. The van der Waals surface area contributed by atoms with Crippen molar-refractivity contribution in [3.8, 4) is 0 Å². The van der Waals surface area contributed by atoms with Crippen LogP contribution in [0.1, 0.15) is 11.1 Å². The average Bonchev–Trinajstić information content (AvgIpc) is 3.19. The minimum atomic E-state index is 0.853. The maximum atomic E-state index is 4.69. The summed E-state index contributed by atoms with van der Waals surface area (Å²) < 4.78 is 2.25. The lowest BCUT2D eigenvalue weighted by Gasteiger charge is -2.36. The highest BCUT2D eigenvalue weighted by Crippen LogP contribution is 2.28. The van der Waals surface area contributed by atoms with Gasteiger partial charge in [0, 0.05) is 62.7 Å². The third kappa shape index (κ3) is 3.89. The van der Waals surface area contributed by atoms with Gasteiger partial charge in [-0.15, -0.1) is 0 Å². The second-order valence-electron chi connectivity index (χ2n) is 7.75. The second-order valence-corrected chi connectivity index (χ2v) is 7.75. The molecule has 1 saturated heterocycles. The first-order valence-electron chi connectivity index (χ1n) is 10.4.